The van der Waals surface area contributed by atoms with E-state index in [-0.39, 0.29) is 24.1 Å². The average molecular weight is 578 g/mol. The van der Waals surface area contributed by atoms with Crippen LogP contribution in [-0.4, -0.2) is 37.0 Å². The number of hydrogen-bond acceptors (Lipinski definition) is 4. The van der Waals surface area contributed by atoms with Crippen molar-refractivity contribution in [2.24, 2.45) is 0 Å². The normalized spacial score (nSPS) is 12.3. The molecule has 3 aromatic rings. The van der Waals surface area contributed by atoms with Crippen molar-refractivity contribution in [1.82, 2.24) is 10.3 Å². The van der Waals surface area contributed by atoms with Crippen molar-refractivity contribution < 1.29 is 49.0 Å². The molecule has 13 heteroatoms. The van der Waals surface area contributed by atoms with Crippen LogP contribution in [0.15, 0.2) is 72.9 Å². The Morgan fingerprint density at radius 1 is 0.700 bits per heavy atom. The fraction of sp³-hybridized carbons (Fsp3) is 0.296. The molecule has 0 radical (unpaired) electrons. The molecule has 3 rings (SSSR count). The SMILES string of the molecule is C#C.FC(F)(F)CCNCC(Cc1ccccn1)(c1cccc(OC(F)(F)F)c1)c1cccc(OC(F)(F)F)c1. The van der Waals surface area contributed by atoms with Gasteiger partial charge < -0.3 is 14.8 Å². The summed E-state index contributed by atoms with van der Waals surface area (Å²) in [4.78, 5) is 4.22. The lowest BCUT2D eigenvalue weighted by molar-refractivity contribution is -0.275. The van der Waals surface area contributed by atoms with Crippen LogP contribution in [0.4, 0.5) is 39.5 Å². The minimum absolute atomic E-state index is 0.0994. The van der Waals surface area contributed by atoms with Gasteiger partial charge in [0.1, 0.15) is 11.5 Å². The lowest BCUT2D eigenvalue weighted by atomic mass is 9.71. The third-order valence-electron chi connectivity index (χ3n) is 5.46. The van der Waals surface area contributed by atoms with E-state index in [0.29, 0.717) is 5.69 Å². The second kappa shape index (κ2) is 13.4. The zero-order valence-corrected chi connectivity index (χ0v) is 20.6. The van der Waals surface area contributed by atoms with Gasteiger partial charge in [-0.3, -0.25) is 4.98 Å². The molecule has 2 aromatic carbocycles. The van der Waals surface area contributed by atoms with Crippen LogP contribution in [0, 0.1) is 12.8 Å². The van der Waals surface area contributed by atoms with Crippen molar-refractivity contribution >= 4 is 0 Å². The summed E-state index contributed by atoms with van der Waals surface area (Å²) < 4.78 is 124. The summed E-state index contributed by atoms with van der Waals surface area (Å²) in [6, 6.07) is 14.3. The molecule has 4 nitrogen and oxygen atoms in total. The van der Waals surface area contributed by atoms with Gasteiger partial charge in [0.15, 0.2) is 0 Å². The van der Waals surface area contributed by atoms with E-state index in [4.69, 9.17) is 0 Å². The Morgan fingerprint density at radius 3 is 1.65 bits per heavy atom. The van der Waals surface area contributed by atoms with Crippen LogP contribution in [0.5, 0.6) is 11.5 Å². The molecule has 0 saturated carbocycles. The molecule has 0 amide bonds. The fourth-order valence-electron chi connectivity index (χ4n) is 3.96. The van der Waals surface area contributed by atoms with E-state index in [2.05, 4.69) is 32.6 Å². The first-order valence-electron chi connectivity index (χ1n) is 11.4. The van der Waals surface area contributed by atoms with E-state index in [9.17, 15) is 39.5 Å². The van der Waals surface area contributed by atoms with Crippen molar-refractivity contribution in [1.29, 1.82) is 0 Å². The van der Waals surface area contributed by atoms with Crippen molar-refractivity contribution in [2.75, 3.05) is 13.1 Å². The first kappa shape index (κ1) is 32.3. The molecular formula is C27H23F9N2O2. The molecule has 0 aliphatic rings. The Kier molecular flexibility index (Phi) is 10.8. The molecule has 40 heavy (non-hydrogen) atoms. The molecule has 0 saturated heterocycles. The van der Waals surface area contributed by atoms with Gasteiger partial charge in [0.25, 0.3) is 0 Å². The van der Waals surface area contributed by atoms with Gasteiger partial charge in [-0.25, -0.2) is 0 Å². The van der Waals surface area contributed by atoms with Crippen molar-refractivity contribution in [2.45, 2.75) is 37.2 Å². The molecule has 1 aromatic heterocycles. The van der Waals surface area contributed by atoms with Crippen molar-refractivity contribution in [3.05, 3.63) is 89.7 Å². The van der Waals surface area contributed by atoms with Gasteiger partial charge in [0, 0.05) is 36.8 Å². The summed E-state index contributed by atoms with van der Waals surface area (Å²) in [6.07, 6.45) is -6.43. The molecule has 0 atom stereocenters. The predicted molar refractivity (Wildman–Crippen MR) is 128 cm³/mol. The van der Waals surface area contributed by atoms with E-state index in [0.717, 1.165) is 24.3 Å². The van der Waals surface area contributed by atoms with E-state index in [1.54, 1.807) is 18.2 Å². The maximum absolute atomic E-state index is 12.9. The number of halogens is 9. The molecule has 216 valence electrons. The molecule has 0 unspecified atom stereocenters. The number of hydrogen-bond donors (Lipinski definition) is 1. The number of rotatable bonds is 10. The summed E-state index contributed by atoms with van der Waals surface area (Å²) in [7, 11) is 0. The zero-order chi connectivity index (χ0) is 30.0. The molecule has 1 heterocycles. The fourth-order valence-corrected chi connectivity index (χ4v) is 3.96. The Labute approximate surface area is 224 Å². The number of terminal acetylenes is 1. The smallest absolute Gasteiger partial charge is 0.406 e. The summed E-state index contributed by atoms with van der Waals surface area (Å²) in [6.45, 7) is -0.852. The van der Waals surface area contributed by atoms with Gasteiger partial charge in [-0.15, -0.1) is 39.2 Å². The Bertz CT molecular complexity index is 1160. The Morgan fingerprint density at radius 2 is 1.23 bits per heavy atom. The number of benzene rings is 2. The lowest BCUT2D eigenvalue weighted by Crippen LogP contribution is -2.42. The second-order valence-corrected chi connectivity index (χ2v) is 8.27. The highest BCUT2D eigenvalue weighted by atomic mass is 19.4. The maximum Gasteiger partial charge on any atom is 0.573 e. The van der Waals surface area contributed by atoms with Gasteiger partial charge >= 0.3 is 18.9 Å². The van der Waals surface area contributed by atoms with Gasteiger partial charge in [0.05, 0.1) is 6.42 Å². The third kappa shape index (κ3) is 10.3. The summed E-state index contributed by atoms with van der Waals surface area (Å²) in [5.41, 5.74) is -0.841. The van der Waals surface area contributed by atoms with Gasteiger partial charge in [-0.1, -0.05) is 30.3 Å². The highest BCUT2D eigenvalue weighted by molar-refractivity contribution is 5.47. The third-order valence-corrected chi connectivity index (χ3v) is 5.46. The summed E-state index contributed by atoms with van der Waals surface area (Å²) in [5.74, 6) is -1.23. The summed E-state index contributed by atoms with van der Waals surface area (Å²) >= 11 is 0. The molecule has 0 spiro atoms. The second-order valence-electron chi connectivity index (χ2n) is 8.27. The largest absolute Gasteiger partial charge is 0.573 e. The molecular weight excluding hydrogens is 555 g/mol. The first-order valence-corrected chi connectivity index (χ1v) is 11.4. The summed E-state index contributed by atoms with van der Waals surface area (Å²) in [5, 5.41) is 2.66. The van der Waals surface area contributed by atoms with Crippen molar-refractivity contribution in [3.63, 3.8) is 0 Å². The van der Waals surface area contributed by atoms with Gasteiger partial charge in [0.2, 0.25) is 0 Å². The zero-order valence-electron chi connectivity index (χ0n) is 20.6. The van der Waals surface area contributed by atoms with Crippen LogP contribution >= 0.6 is 0 Å². The van der Waals surface area contributed by atoms with Crippen LogP contribution in [-0.2, 0) is 11.8 Å². The van der Waals surface area contributed by atoms with E-state index >= 15 is 0 Å². The Hall–Kier alpha value is -3.92. The molecule has 0 fully saturated rings. The van der Waals surface area contributed by atoms with Crippen LogP contribution in [0.2, 0.25) is 0 Å². The number of ether oxygens (including phenoxy) is 2. The number of pyridine rings is 1. The van der Waals surface area contributed by atoms with E-state index in [1.165, 1.54) is 30.5 Å². The topological polar surface area (TPSA) is 43.4 Å². The van der Waals surface area contributed by atoms with Crippen LogP contribution in [0.1, 0.15) is 23.2 Å². The van der Waals surface area contributed by atoms with Gasteiger partial charge in [-0.05, 0) is 47.5 Å². The lowest BCUT2D eigenvalue weighted by Gasteiger charge is -2.36. The number of aromatic nitrogens is 1. The standard InChI is InChI=1S/C25H21F9N2O2.C2H2/c26-23(27,28)10-12-35-16-22(15-19-7-1-2-11-36-19,17-5-3-8-20(13-17)37-24(29,30)31)18-6-4-9-21(14-18)38-25(32,33)34;1-2/h1-9,11,13-14,35H,10,12,15-16H2;1-2H. The monoisotopic (exact) mass is 578 g/mol. The van der Waals surface area contributed by atoms with Crippen LogP contribution in [0.25, 0.3) is 0 Å². The highest BCUT2D eigenvalue weighted by Gasteiger charge is 2.38. The number of alkyl halides is 9. The number of nitrogens with one attached hydrogen (secondary N) is 1. The predicted octanol–water partition coefficient (Wildman–Crippen LogP) is 7.20. The van der Waals surface area contributed by atoms with Crippen LogP contribution in [0.3, 0.4) is 0 Å². The van der Waals surface area contributed by atoms with E-state index < -0.39 is 48.8 Å². The average Bonchev–Trinajstić information content (AvgIpc) is 2.85. The van der Waals surface area contributed by atoms with Crippen LogP contribution < -0.4 is 14.8 Å². The number of nitrogens with zero attached hydrogens (tertiary/aromatic N) is 1. The maximum atomic E-state index is 12.9. The first-order chi connectivity index (χ1) is 18.7. The van der Waals surface area contributed by atoms with E-state index in [1.807, 2.05) is 0 Å². The molecule has 0 bridgehead atoms. The Balaban J connectivity index is 0.00000274. The quantitative estimate of drug-likeness (QED) is 0.157. The van der Waals surface area contributed by atoms with Crippen molar-refractivity contribution in [3.8, 4) is 24.3 Å². The molecule has 0 aliphatic carbocycles. The minimum Gasteiger partial charge on any atom is -0.406 e. The van der Waals surface area contributed by atoms with Gasteiger partial charge in [-0.2, -0.15) is 13.2 Å². The molecule has 1 N–H and O–H groups in total. The molecule has 0 aliphatic heterocycles. The highest BCUT2D eigenvalue weighted by Crippen LogP contribution is 2.39. The minimum atomic E-state index is -5.03.